The Morgan fingerprint density at radius 1 is 0.836 bits per heavy atom. The molecule has 4 atom stereocenters. The van der Waals surface area contributed by atoms with Gasteiger partial charge in [0, 0.05) is 87.1 Å². The first-order valence-corrected chi connectivity index (χ1v) is 27.4. The number of nitrogens with one attached hydrogen (secondary N) is 4. The van der Waals surface area contributed by atoms with Crippen molar-refractivity contribution < 1.29 is 28.3 Å². The second-order valence-electron chi connectivity index (χ2n) is 23.1. The van der Waals surface area contributed by atoms with E-state index in [2.05, 4.69) is 49.9 Å². The van der Waals surface area contributed by atoms with Crippen LogP contribution in [0, 0.1) is 17.2 Å². The third-order valence-corrected chi connectivity index (χ3v) is 18.7. The third kappa shape index (κ3) is 9.23. The molecule has 73 heavy (non-hydrogen) atoms. The van der Waals surface area contributed by atoms with Gasteiger partial charge in [-0.25, -0.2) is 14.2 Å². The third-order valence-electron chi connectivity index (χ3n) is 18.2. The minimum atomic E-state index is -1.31. The maximum Gasteiger partial charge on any atom is 0.329 e. The van der Waals surface area contributed by atoms with Crippen LogP contribution in [0.1, 0.15) is 132 Å². The van der Waals surface area contributed by atoms with Crippen LogP contribution in [-0.2, 0) is 42.9 Å². The number of anilines is 1. The van der Waals surface area contributed by atoms with Gasteiger partial charge in [-0.3, -0.25) is 43.8 Å². The van der Waals surface area contributed by atoms with Crippen LogP contribution < -0.4 is 27.0 Å². The number of imide groups is 1. The maximum absolute atomic E-state index is 16.4. The number of imidazole rings is 1. The highest BCUT2D eigenvalue weighted by molar-refractivity contribution is 6.31. The minimum absolute atomic E-state index is 0.0393. The average molecular weight is 1040 g/mol. The number of piperidine rings is 3. The topological polar surface area (TPSA) is 172 Å². The summed E-state index contributed by atoms with van der Waals surface area (Å²) in [4.78, 5) is 76.5. The predicted octanol–water partition coefficient (Wildman–Crippen LogP) is 7.26. The van der Waals surface area contributed by atoms with Gasteiger partial charge in [-0.2, -0.15) is 0 Å². The van der Waals surface area contributed by atoms with Crippen molar-refractivity contribution in [3.8, 4) is 0 Å². The van der Waals surface area contributed by atoms with Crippen molar-refractivity contribution in [1.29, 1.82) is 0 Å². The number of carbonyl (C=O) groups is 4. The Kier molecular flexibility index (Phi) is 13.7. The summed E-state index contributed by atoms with van der Waals surface area (Å²) in [6.07, 6.45) is 13.0. The Hall–Kier alpha value is -4.71. The molecule has 0 radical (unpaired) electrons. The van der Waals surface area contributed by atoms with Gasteiger partial charge in [-0.1, -0.05) is 49.2 Å². The summed E-state index contributed by atoms with van der Waals surface area (Å²) in [5.41, 5.74) is 1.73. The van der Waals surface area contributed by atoms with Gasteiger partial charge in [-0.15, -0.1) is 0 Å². The van der Waals surface area contributed by atoms with Gasteiger partial charge in [0.1, 0.15) is 11.5 Å². The number of benzene rings is 2. The molecule has 4 N–H and O–H groups in total. The van der Waals surface area contributed by atoms with E-state index in [1.807, 2.05) is 24.3 Å². The van der Waals surface area contributed by atoms with E-state index >= 15 is 4.39 Å². The lowest BCUT2D eigenvalue weighted by molar-refractivity contribution is -0.136. The number of aryl methyl sites for hydroxylation is 1. The fourth-order valence-corrected chi connectivity index (χ4v) is 14.5. The fraction of sp³-hybridized carbons (Fsp3) is 0.600. The molecule has 2 saturated carbocycles. The minimum Gasteiger partial charge on any atom is -0.375 e. The summed E-state index contributed by atoms with van der Waals surface area (Å²) in [5, 5.41) is 12.9. The number of likely N-dealkylation sites (tertiary alicyclic amines) is 2. The van der Waals surface area contributed by atoms with Crippen molar-refractivity contribution in [2.75, 3.05) is 38.0 Å². The van der Waals surface area contributed by atoms with Crippen molar-refractivity contribution in [1.82, 2.24) is 39.9 Å². The van der Waals surface area contributed by atoms with E-state index in [1.165, 1.54) is 10.8 Å². The van der Waals surface area contributed by atoms with Gasteiger partial charge in [0.15, 0.2) is 11.0 Å². The van der Waals surface area contributed by atoms with Crippen molar-refractivity contribution in [2.24, 2.45) is 18.4 Å². The fourth-order valence-electron chi connectivity index (χ4n) is 14.2. The molecule has 390 valence electrons. The van der Waals surface area contributed by atoms with Crippen LogP contribution in [0.2, 0.25) is 10.2 Å². The van der Waals surface area contributed by atoms with E-state index < -0.39 is 40.7 Å². The number of ether oxygens (including phenoxy) is 1. The molecule has 7 heterocycles. The number of carbonyl (C=O) groups excluding carboxylic acids is 4. The Morgan fingerprint density at radius 2 is 1.53 bits per heavy atom. The molecule has 15 nitrogen and oxygen atoms in total. The molecule has 7 aliphatic rings. The van der Waals surface area contributed by atoms with E-state index in [1.54, 1.807) is 29.8 Å². The predicted molar refractivity (Wildman–Crippen MR) is 277 cm³/mol. The van der Waals surface area contributed by atoms with Crippen molar-refractivity contribution in [3.63, 3.8) is 0 Å². The lowest BCUT2D eigenvalue weighted by atomic mass is 9.53. The van der Waals surface area contributed by atoms with Gasteiger partial charge >= 0.3 is 5.69 Å². The summed E-state index contributed by atoms with van der Waals surface area (Å²) < 4.78 is 26.3. The second-order valence-corrected chi connectivity index (χ2v) is 23.9. The zero-order valence-electron chi connectivity index (χ0n) is 42.1. The SMILES string of the molecule is Cn1c(=O)n(C2CCC(=O)NC2=O)c2ccc(CN3CCC(OC4CCN(CC5CCC(NC(=O)[C@@H]6NC7(CCC(C)(C)CC7)[C@@]7(C(=O)Nc8cc(Cl)ccc87)[C@H]6c6ccnc(Cl)c6F)CC5)CC4)CC3)cc21. The average Bonchev–Trinajstić information content (AvgIpc) is 3.96. The highest BCUT2D eigenvalue weighted by Crippen LogP contribution is 2.64. The standard InChI is InChI=1S/C55H68Cl2FN9O6/c1-53(2)19-21-54(22-20-53)55(39-10-7-34(56)29-40(39)61-51(55)71)45(38-14-23-59-48(57)46(38)58)47(63-54)50(70)60-35-8-4-32(5-9-35)30-65-24-15-36(16-25-65)73-37-17-26-66(27-18-37)31-33-6-11-41-43(28-33)64(3)52(72)67(41)42-12-13-44(68)62-49(42)69/h6-7,10-11,14,23,28-29,32,35-37,42,45,47,63H,4-5,8-9,12-13,15-22,24-27,30-31H2,1-3H3,(H,60,70)(H,61,71)(H,62,68,69)/t32?,35?,42?,45-,47+,55+/m0/s1. The number of nitrogens with zero attached hydrogens (tertiary/aromatic N) is 5. The number of halogens is 3. The molecule has 2 aromatic heterocycles. The van der Waals surface area contributed by atoms with Gasteiger partial charge in [0.05, 0.1) is 29.3 Å². The smallest absolute Gasteiger partial charge is 0.329 e. The molecule has 6 fully saturated rings. The number of hydrogen-bond donors (Lipinski definition) is 4. The first-order chi connectivity index (χ1) is 35.0. The monoisotopic (exact) mass is 1040 g/mol. The van der Waals surface area contributed by atoms with Crippen LogP contribution in [0.4, 0.5) is 10.1 Å². The second kappa shape index (κ2) is 19.8. The number of rotatable bonds is 10. The first kappa shape index (κ1) is 50.4. The number of pyridine rings is 1. The number of hydrogen-bond acceptors (Lipinski definition) is 10. The van der Waals surface area contributed by atoms with Crippen LogP contribution in [0.3, 0.4) is 0 Å². The van der Waals surface area contributed by atoms with Gasteiger partial charge in [0.2, 0.25) is 23.6 Å². The van der Waals surface area contributed by atoms with Crippen LogP contribution >= 0.6 is 23.2 Å². The van der Waals surface area contributed by atoms with Crippen molar-refractivity contribution in [2.45, 2.75) is 157 Å². The Balaban J connectivity index is 0.669. The largest absolute Gasteiger partial charge is 0.375 e. The van der Waals surface area contributed by atoms with Gasteiger partial charge in [-0.05, 0) is 142 Å². The van der Waals surface area contributed by atoms with Crippen molar-refractivity contribution in [3.05, 3.63) is 91.8 Å². The van der Waals surface area contributed by atoms with E-state index in [-0.39, 0.29) is 64.2 Å². The molecule has 11 rings (SSSR count). The molecule has 4 aromatic rings. The zero-order chi connectivity index (χ0) is 51.0. The van der Waals surface area contributed by atoms with Crippen molar-refractivity contribution >= 4 is 63.6 Å². The van der Waals surface area contributed by atoms with Crippen LogP contribution in [-0.4, -0.2) is 110 Å². The maximum atomic E-state index is 16.4. The van der Waals surface area contributed by atoms with Crippen LogP contribution in [0.15, 0.2) is 53.5 Å². The highest BCUT2D eigenvalue weighted by atomic mass is 35.5. The summed E-state index contributed by atoms with van der Waals surface area (Å²) in [6.45, 7) is 10.1. The molecule has 4 saturated heterocycles. The Morgan fingerprint density at radius 3 is 2.23 bits per heavy atom. The summed E-state index contributed by atoms with van der Waals surface area (Å²) in [7, 11) is 1.73. The Labute approximate surface area is 435 Å². The Bertz CT molecular complexity index is 2870. The van der Waals surface area contributed by atoms with Crippen LogP contribution in [0.25, 0.3) is 11.0 Å². The molecule has 0 bridgehead atoms. The van der Waals surface area contributed by atoms with E-state index in [0.29, 0.717) is 41.4 Å². The molecule has 2 spiro atoms. The lowest BCUT2D eigenvalue weighted by Crippen LogP contribution is -2.61. The molecule has 1 unspecified atom stereocenters. The first-order valence-electron chi connectivity index (χ1n) is 26.7. The summed E-state index contributed by atoms with van der Waals surface area (Å²) >= 11 is 12.9. The zero-order valence-corrected chi connectivity index (χ0v) is 43.6. The number of fused-ring (bicyclic) bond motifs is 4. The summed E-state index contributed by atoms with van der Waals surface area (Å²) in [5.74, 6) is -2.31. The van der Waals surface area contributed by atoms with Gasteiger partial charge < -0.3 is 20.3 Å². The summed E-state index contributed by atoms with van der Waals surface area (Å²) in [6, 6.07) is 11.3. The molecular weight excluding hydrogens is 973 g/mol. The lowest BCUT2D eigenvalue weighted by Gasteiger charge is -2.50. The van der Waals surface area contributed by atoms with Crippen LogP contribution in [0.5, 0.6) is 0 Å². The number of amides is 4. The molecule has 18 heteroatoms. The van der Waals surface area contributed by atoms with E-state index in [9.17, 15) is 24.0 Å². The quantitative estimate of drug-likeness (QED) is 0.0936. The number of aromatic nitrogens is 3. The molecular formula is C55H68Cl2FN9O6. The molecule has 4 amide bonds. The highest BCUT2D eigenvalue weighted by Gasteiger charge is 2.73. The molecule has 5 aliphatic heterocycles. The van der Waals surface area contributed by atoms with E-state index in [0.717, 1.165) is 120 Å². The molecule has 2 aliphatic carbocycles. The van der Waals surface area contributed by atoms with Gasteiger partial charge in [0.25, 0.3) is 0 Å². The molecule has 2 aromatic carbocycles. The normalized spacial score (nSPS) is 29.0. The van der Waals surface area contributed by atoms with E-state index in [4.69, 9.17) is 27.9 Å².